The van der Waals surface area contributed by atoms with Crippen molar-refractivity contribution in [2.24, 2.45) is 32.9 Å². The van der Waals surface area contributed by atoms with Crippen molar-refractivity contribution in [3.63, 3.8) is 0 Å². The molecular weight excluding hydrogens is 362 g/mol. The minimum absolute atomic E-state index is 0.210. The van der Waals surface area contributed by atoms with Crippen molar-refractivity contribution >= 4 is 11.9 Å². The highest BCUT2D eigenvalue weighted by atomic mass is 15.0. The van der Waals surface area contributed by atoms with Crippen LogP contribution in [-0.4, -0.2) is 38.1 Å². The third-order valence-electron chi connectivity index (χ3n) is 5.11. The Hall–Kier alpha value is -1.50. The molecule has 9 N–H and O–H groups in total. The van der Waals surface area contributed by atoms with Crippen LogP contribution in [0.5, 0.6) is 0 Å². The van der Waals surface area contributed by atoms with Crippen LogP contribution < -0.4 is 28.3 Å². The number of rotatable bonds is 22. The lowest BCUT2D eigenvalue weighted by atomic mass is 10.1. The SMILES string of the molecule is NC(N)=NCCCCCCCCCCNCCCCCCCCCCN=C(N)N. The Labute approximate surface area is 179 Å². The van der Waals surface area contributed by atoms with E-state index in [0.717, 1.165) is 25.9 Å². The molecule has 0 unspecified atom stereocenters. The van der Waals surface area contributed by atoms with Crippen LogP contribution in [0.2, 0.25) is 0 Å². The minimum Gasteiger partial charge on any atom is -0.370 e. The molecule has 0 atom stereocenters. The first-order valence-corrected chi connectivity index (χ1v) is 11.9. The molecule has 0 radical (unpaired) electrons. The third kappa shape index (κ3) is 26.5. The van der Waals surface area contributed by atoms with Crippen molar-refractivity contribution in [2.45, 2.75) is 103 Å². The van der Waals surface area contributed by atoms with Gasteiger partial charge in [-0.2, -0.15) is 0 Å². The van der Waals surface area contributed by atoms with Crippen LogP contribution in [-0.2, 0) is 0 Å². The Morgan fingerprint density at radius 2 is 0.690 bits per heavy atom. The average molecular weight is 412 g/mol. The second-order valence-electron chi connectivity index (χ2n) is 8.02. The van der Waals surface area contributed by atoms with Crippen LogP contribution in [0, 0.1) is 0 Å². The van der Waals surface area contributed by atoms with E-state index in [9.17, 15) is 0 Å². The predicted molar refractivity (Wildman–Crippen MR) is 128 cm³/mol. The zero-order valence-corrected chi connectivity index (χ0v) is 18.8. The highest BCUT2D eigenvalue weighted by Gasteiger charge is 1.95. The predicted octanol–water partition coefficient (Wildman–Crippen LogP) is 3.36. The lowest BCUT2D eigenvalue weighted by Gasteiger charge is -2.05. The normalized spacial score (nSPS) is 10.8. The third-order valence-corrected chi connectivity index (χ3v) is 5.11. The molecular formula is C22H49N7. The Balaban J connectivity index is 3.05. The van der Waals surface area contributed by atoms with Gasteiger partial charge in [0, 0.05) is 13.1 Å². The first kappa shape index (κ1) is 27.5. The van der Waals surface area contributed by atoms with E-state index >= 15 is 0 Å². The minimum atomic E-state index is 0.210. The molecule has 0 saturated heterocycles. The van der Waals surface area contributed by atoms with E-state index in [-0.39, 0.29) is 11.9 Å². The molecule has 0 bridgehead atoms. The van der Waals surface area contributed by atoms with Gasteiger partial charge >= 0.3 is 0 Å². The summed E-state index contributed by atoms with van der Waals surface area (Å²) in [7, 11) is 0. The second kappa shape index (κ2) is 22.8. The molecule has 0 fully saturated rings. The van der Waals surface area contributed by atoms with E-state index < -0.39 is 0 Å². The molecule has 0 aromatic heterocycles. The van der Waals surface area contributed by atoms with Crippen LogP contribution in [0.3, 0.4) is 0 Å². The number of hydrogen-bond donors (Lipinski definition) is 5. The first-order chi connectivity index (χ1) is 14.1. The number of nitrogens with one attached hydrogen (secondary N) is 1. The Bertz CT molecular complexity index is 353. The Kier molecular flexibility index (Phi) is 21.6. The lowest BCUT2D eigenvalue weighted by molar-refractivity contribution is 0.530. The van der Waals surface area contributed by atoms with Crippen LogP contribution in [0.4, 0.5) is 0 Å². The van der Waals surface area contributed by atoms with Gasteiger partial charge in [0.25, 0.3) is 0 Å². The zero-order chi connectivity index (χ0) is 21.4. The molecule has 0 amide bonds. The molecule has 0 aromatic rings. The molecule has 29 heavy (non-hydrogen) atoms. The lowest BCUT2D eigenvalue weighted by Crippen LogP contribution is -2.22. The maximum absolute atomic E-state index is 5.30. The molecule has 0 aliphatic heterocycles. The molecule has 0 saturated carbocycles. The number of aliphatic imine (C=N–C) groups is 2. The fraction of sp³-hybridized carbons (Fsp3) is 0.909. The van der Waals surface area contributed by atoms with Crippen LogP contribution in [0.15, 0.2) is 9.98 Å². The van der Waals surface area contributed by atoms with E-state index in [1.807, 2.05) is 0 Å². The monoisotopic (exact) mass is 411 g/mol. The van der Waals surface area contributed by atoms with Crippen molar-refractivity contribution in [3.05, 3.63) is 0 Å². The number of guanidine groups is 2. The van der Waals surface area contributed by atoms with Crippen molar-refractivity contribution in [2.75, 3.05) is 26.2 Å². The van der Waals surface area contributed by atoms with Gasteiger partial charge in [0.1, 0.15) is 0 Å². The molecule has 0 aromatic carbocycles. The largest absolute Gasteiger partial charge is 0.370 e. The van der Waals surface area contributed by atoms with Crippen LogP contribution in [0.1, 0.15) is 103 Å². The molecule has 0 aliphatic carbocycles. The summed E-state index contributed by atoms with van der Waals surface area (Å²) in [4.78, 5) is 8.01. The number of nitrogens with zero attached hydrogens (tertiary/aromatic N) is 2. The van der Waals surface area contributed by atoms with Gasteiger partial charge < -0.3 is 28.3 Å². The van der Waals surface area contributed by atoms with Gasteiger partial charge in [-0.25, -0.2) is 0 Å². The first-order valence-electron chi connectivity index (χ1n) is 11.9. The van der Waals surface area contributed by atoms with Crippen LogP contribution >= 0.6 is 0 Å². The van der Waals surface area contributed by atoms with Gasteiger partial charge in [0.15, 0.2) is 11.9 Å². The van der Waals surface area contributed by atoms with Gasteiger partial charge in [-0.15, -0.1) is 0 Å². The molecule has 7 heteroatoms. The smallest absolute Gasteiger partial charge is 0.185 e. The number of nitrogens with two attached hydrogens (primary N) is 4. The number of hydrogen-bond acceptors (Lipinski definition) is 3. The van der Waals surface area contributed by atoms with E-state index in [4.69, 9.17) is 22.9 Å². The van der Waals surface area contributed by atoms with E-state index in [2.05, 4.69) is 15.3 Å². The quantitative estimate of drug-likeness (QED) is 0.105. The highest BCUT2D eigenvalue weighted by molar-refractivity contribution is 5.75. The fourth-order valence-corrected chi connectivity index (χ4v) is 3.39. The maximum atomic E-state index is 5.30. The summed E-state index contributed by atoms with van der Waals surface area (Å²) >= 11 is 0. The molecule has 172 valence electrons. The van der Waals surface area contributed by atoms with Crippen molar-refractivity contribution in [1.82, 2.24) is 5.32 Å². The van der Waals surface area contributed by atoms with E-state index in [1.54, 1.807) is 0 Å². The maximum Gasteiger partial charge on any atom is 0.185 e. The Morgan fingerprint density at radius 1 is 0.414 bits per heavy atom. The van der Waals surface area contributed by atoms with Gasteiger partial charge in [-0.05, 0) is 38.8 Å². The molecule has 0 rings (SSSR count). The Morgan fingerprint density at radius 3 is 1.00 bits per heavy atom. The molecule has 0 heterocycles. The van der Waals surface area contributed by atoms with Crippen LogP contribution in [0.25, 0.3) is 0 Å². The summed E-state index contributed by atoms with van der Waals surface area (Å²) in [5, 5.41) is 3.59. The summed E-state index contributed by atoms with van der Waals surface area (Å²) in [5.74, 6) is 0.421. The zero-order valence-electron chi connectivity index (χ0n) is 18.8. The molecule has 7 nitrogen and oxygen atoms in total. The van der Waals surface area contributed by atoms with Gasteiger partial charge in [-0.3, -0.25) is 9.98 Å². The second-order valence-corrected chi connectivity index (χ2v) is 8.02. The summed E-state index contributed by atoms with van der Waals surface area (Å²) in [6.07, 6.45) is 20.7. The average Bonchev–Trinajstić information content (AvgIpc) is 2.68. The van der Waals surface area contributed by atoms with E-state index in [1.165, 1.54) is 103 Å². The van der Waals surface area contributed by atoms with Gasteiger partial charge in [-0.1, -0.05) is 77.0 Å². The highest BCUT2D eigenvalue weighted by Crippen LogP contribution is 2.09. The summed E-state index contributed by atoms with van der Waals surface area (Å²) in [6, 6.07) is 0. The number of unbranched alkanes of at least 4 members (excludes halogenated alkanes) is 14. The van der Waals surface area contributed by atoms with Crippen molar-refractivity contribution in [3.8, 4) is 0 Å². The van der Waals surface area contributed by atoms with Gasteiger partial charge in [0.05, 0.1) is 0 Å². The van der Waals surface area contributed by atoms with Crippen molar-refractivity contribution < 1.29 is 0 Å². The standard InChI is InChI=1S/C22H49N7/c23-21(24)28-19-15-11-7-3-1-5-9-13-17-27-18-14-10-6-2-4-8-12-16-20-29-22(25)26/h27H,1-20H2,(H4,23,24,28)(H4,25,26,29). The summed E-state index contributed by atoms with van der Waals surface area (Å²) in [6.45, 7) is 3.90. The van der Waals surface area contributed by atoms with Crippen molar-refractivity contribution in [1.29, 1.82) is 0 Å². The summed E-state index contributed by atoms with van der Waals surface area (Å²) in [5.41, 5.74) is 21.2. The van der Waals surface area contributed by atoms with E-state index in [0.29, 0.717) is 0 Å². The summed E-state index contributed by atoms with van der Waals surface area (Å²) < 4.78 is 0. The fourth-order valence-electron chi connectivity index (χ4n) is 3.39. The van der Waals surface area contributed by atoms with Gasteiger partial charge in [0.2, 0.25) is 0 Å². The molecule has 0 spiro atoms. The topological polar surface area (TPSA) is 141 Å². The molecule has 0 aliphatic rings.